The van der Waals surface area contributed by atoms with E-state index in [0.717, 1.165) is 37.8 Å². The number of carbonyl (C=O) groups is 1. The third kappa shape index (κ3) is 3.41. The van der Waals surface area contributed by atoms with E-state index in [2.05, 4.69) is 26.1 Å². The summed E-state index contributed by atoms with van der Waals surface area (Å²) in [6.45, 7) is 2.63. The van der Waals surface area contributed by atoms with Crippen molar-refractivity contribution < 1.29 is 4.79 Å². The van der Waals surface area contributed by atoms with Gasteiger partial charge in [0.25, 0.3) is 5.91 Å². The maximum absolute atomic E-state index is 11.8. The Morgan fingerprint density at radius 1 is 1.32 bits per heavy atom. The minimum atomic E-state index is -0.134. The van der Waals surface area contributed by atoms with Gasteiger partial charge in [-0.05, 0) is 24.5 Å². The van der Waals surface area contributed by atoms with Gasteiger partial charge in [0.2, 0.25) is 0 Å². The van der Waals surface area contributed by atoms with Gasteiger partial charge < -0.3 is 16.0 Å². The lowest BCUT2D eigenvalue weighted by Crippen LogP contribution is -2.51. The molecule has 2 aliphatic rings. The Kier molecular flexibility index (Phi) is 3.59. The van der Waals surface area contributed by atoms with Crippen LogP contribution in [0.25, 0.3) is 0 Å². The predicted molar refractivity (Wildman–Crippen MR) is 72.0 cm³/mol. The zero-order valence-corrected chi connectivity index (χ0v) is 10.9. The Bertz CT molecular complexity index is 439. The first kappa shape index (κ1) is 12.3. The number of hydrogen-bond donors (Lipinski definition) is 3. The maximum atomic E-state index is 11.8. The van der Waals surface area contributed by atoms with Crippen molar-refractivity contribution in [2.24, 2.45) is 5.92 Å². The molecule has 1 saturated heterocycles. The van der Waals surface area contributed by atoms with Gasteiger partial charge in [-0.3, -0.25) is 4.79 Å². The Morgan fingerprint density at radius 3 is 2.74 bits per heavy atom. The van der Waals surface area contributed by atoms with Crippen LogP contribution in [0, 0.1) is 5.92 Å². The second-order valence-corrected chi connectivity index (χ2v) is 5.29. The molecule has 1 aromatic rings. The van der Waals surface area contributed by atoms with Crippen LogP contribution in [0.4, 0.5) is 5.82 Å². The molecule has 102 valence electrons. The van der Waals surface area contributed by atoms with Gasteiger partial charge in [-0.1, -0.05) is 12.8 Å². The van der Waals surface area contributed by atoms with E-state index in [-0.39, 0.29) is 5.91 Å². The molecular weight excluding hydrogens is 242 g/mol. The van der Waals surface area contributed by atoms with Gasteiger partial charge in [0, 0.05) is 19.6 Å². The maximum Gasteiger partial charge on any atom is 0.271 e. The summed E-state index contributed by atoms with van der Waals surface area (Å²) in [6, 6.07) is 3.95. The van der Waals surface area contributed by atoms with Crippen molar-refractivity contribution in [1.29, 1.82) is 0 Å². The van der Waals surface area contributed by atoms with Gasteiger partial charge in [-0.15, -0.1) is 10.2 Å². The monoisotopic (exact) mass is 261 g/mol. The van der Waals surface area contributed by atoms with Crippen LogP contribution in [0.5, 0.6) is 0 Å². The van der Waals surface area contributed by atoms with Crippen molar-refractivity contribution in [3.8, 4) is 0 Å². The second kappa shape index (κ2) is 5.52. The van der Waals surface area contributed by atoms with E-state index in [0.29, 0.717) is 11.7 Å². The topological polar surface area (TPSA) is 78.9 Å². The lowest BCUT2D eigenvalue weighted by atomic mass is 10.2. The summed E-state index contributed by atoms with van der Waals surface area (Å²) < 4.78 is 0. The van der Waals surface area contributed by atoms with Crippen LogP contribution in [0.1, 0.15) is 29.8 Å². The van der Waals surface area contributed by atoms with Gasteiger partial charge in [-0.25, -0.2) is 0 Å². The first-order valence-corrected chi connectivity index (χ1v) is 6.90. The second-order valence-electron chi connectivity index (χ2n) is 5.29. The van der Waals surface area contributed by atoms with Gasteiger partial charge in [0.15, 0.2) is 5.69 Å². The molecule has 1 aliphatic carbocycles. The van der Waals surface area contributed by atoms with Gasteiger partial charge in [0.05, 0.1) is 6.04 Å². The first-order valence-electron chi connectivity index (χ1n) is 6.90. The predicted octanol–water partition coefficient (Wildman–Crippen LogP) is 0.390. The molecule has 1 aliphatic heterocycles. The Balaban J connectivity index is 1.47. The van der Waals surface area contributed by atoms with Crippen LogP contribution in [0.15, 0.2) is 12.1 Å². The zero-order valence-electron chi connectivity index (χ0n) is 10.9. The number of carbonyl (C=O) groups excluding carboxylic acids is 1. The molecule has 19 heavy (non-hydrogen) atoms. The van der Waals surface area contributed by atoms with E-state index in [1.807, 2.05) is 0 Å². The minimum absolute atomic E-state index is 0.134. The number of rotatable bonds is 6. The molecule has 0 atom stereocenters. The van der Waals surface area contributed by atoms with E-state index in [4.69, 9.17) is 0 Å². The molecule has 0 unspecified atom stereocenters. The molecule has 2 fully saturated rings. The van der Waals surface area contributed by atoms with Crippen molar-refractivity contribution >= 4 is 11.7 Å². The molecule has 3 rings (SSSR count). The Labute approximate surface area is 112 Å². The highest BCUT2D eigenvalue weighted by Gasteiger charge is 2.21. The number of aromatic nitrogens is 2. The van der Waals surface area contributed by atoms with E-state index in [1.54, 1.807) is 12.1 Å². The highest BCUT2D eigenvalue weighted by atomic mass is 16.1. The van der Waals surface area contributed by atoms with Crippen LogP contribution in [0.2, 0.25) is 0 Å². The first-order chi connectivity index (χ1) is 9.31. The number of amides is 1. The fourth-order valence-corrected chi connectivity index (χ4v) is 2.02. The van der Waals surface area contributed by atoms with Crippen molar-refractivity contribution in [3.05, 3.63) is 17.8 Å². The summed E-state index contributed by atoms with van der Waals surface area (Å²) in [5, 5.41) is 17.3. The lowest BCUT2D eigenvalue weighted by molar-refractivity contribution is 0.0946. The summed E-state index contributed by atoms with van der Waals surface area (Å²) in [7, 11) is 0. The van der Waals surface area contributed by atoms with Crippen LogP contribution >= 0.6 is 0 Å². The third-order valence-electron chi connectivity index (χ3n) is 3.57. The Hall–Kier alpha value is -1.69. The summed E-state index contributed by atoms with van der Waals surface area (Å²) >= 11 is 0. The molecule has 0 bridgehead atoms. The molecule has 0 spiro atoms. The van der Waals surface area contributed by atoms with Crippen molar-refractivity contribution in [2.45, 2.75) is 25.3 Å². The summed E-state index contributed by atoms with van der Waals surface area (Å²) in [5.74, 6) is 1.42. The normalized spacial score (nSPS) is 18.7. The quantitative estimate of drug-likeness (QED) is 0.690. The molecule has 6 heteroatoms. The van der Waals surface area contributed by atoms with E-state index in [1.165, 1.54) is 12.8 Å². The average Bonchev–Trinajstić information content (AvgIpc) is 3.18. The standard InChI is InChI=1S/C13H19N5O/c19-13(15-6-5-9-1-2-9)11-3-4-12(18-17-11)16-10-7-14-8-10/h3-4,9-10,14H,1-2,5-8H2,(H,15,19)(H,16,18). The van der Waals surface area contributed by atoms with Crippen LogP contribution in [0.3, 0.4) is 0 Å². The Morgan fingerprint density at radius 2 is 2.16 bits per heavy atom. The largest absolute Gasteiger partial charge is 0.363 e. The van der Waals surface area contributed by atoms with Crippen molar-refractivity contribution in [1.82, 2.24) is 20.8 Å². The number of nitrogens with one attached hydrogen (secondary N) is 3. The summed E-state index contributed by atoms with van der Waals surface area (Å²) in [6.07, 6.45) is 3.70. The van der Waals surface area contributed by atoms with Crippen molar-refractivity contribution in [2.75, 3.05) is 25.0 Å². The van der Waals surface area contributed by atoms with E-state index >= 15 is 0 Å². The molecule has 0 aromatic carbocycles. The minimum Gasteiger partial charge on any atom is -0.363 e. The molecule has 2 heterocycles. The van der Waals surface area contributed by atoms with Gasteiger partial charge in [-0.2, -0.15) is 0 Å². The molecule has 1 saturated carbocycles. The fourth-order valence-electron chi connectivity index (χ4n) is 2.02. The number of hydrogen-bond acceptors (Lipinski definition) is 5. The molecular formula is C13H19N5O. The van der Waals surface area contributed by atoms with Crippen LogP contribution in [-0.2, 0) is 0 Å². The highest BCUT2D eigenvalue weighted by Crippen LogP contribution is 2.31. The fraction of sp³-hybridized carbons (Fsp3) is 0.615. The van der Waals surface area contributed by atoms with E-state index < -0.39 is 0 Å². The third-order valence-corrected chi connectivity index (χ3v) is 3.57. The zero-order chi connectivity index (χ0) is 13.1. The van der Waals surface area contributed by atoms with Gasteiger partial charge >= 0.3 is 0 Å². The van der Waals surface area contributed by atoms with Gasteiger partial charge in [0.1, 0.15) is 5.82 Å². The van der Waals surface area contributed by atoms with Crippen molar-refractivity contribution in [3.63, 3.8) is 0 Å². The molecule has 1 aromatic heterocycles. The highest BCUT2D eigenvalue weighted by molar-refractivity contribution is 5.92. The number of anilines is 1. The average molecular weight is 261 g/mol. The smallest absolute Gasteiger partial charge is 0.271 e. The lowest BCUT2D eigenvalue weighted by Gasteiger charge is -2.28. The molecule has 1 amide bonds. The number of nitrogens with zero attached hydrogens (tertiary/aromatic N) is 2. The molecule has 0 radical (unpaired) electrons. The van der Waals surface area contributed by atoms with E-state index in [9.17, 15) is 4.79 Å². The van der Waals surface area contributed by atoms with Crippen LogP contribution < -0.4 is 16.0 Å². The SMILES string of the molecule is O=C(NCCC1CC1)c1ccc(NC2CNC2)nn1. The molecule has 6 nitrogen and oxygen atoms in total. The molecule has 3 N–H and O–H groups in total. The summed E-state index contributed by atoms with van der Waals surface area (Å²) in [4.78, 5) is 11.8. The summed E-state index contributed by atoms with van der Waals surface area (Å²) in [5.41, 5.74) is 0.382. The van der Waals surface area contributed by atoms with Crippen LogP contribution in [-0.4, -0.2) is 41.8 Å².